The molecule has 0 spiro atoms. The average molecular weight is 486 g/mol. The van der Waals surface area contributed by atoms with Gasteiger partial charge in [0.15, 0.2) is 0 Å². The molecule has 0 aliphatic carbocycles. The van der Waals surface area contributed by atoms with Crippen molar-refractivity contribution in [2.75, 3.05) is 19.1 Å². The number of benzene rings is 3. The molecular weight excluding hydrogens is 454 g/mol. The van der Waals surface area contributed by atoms with Crippen LogP contribution in [0.4, 0.5) is 5.69 Å². The number of methoxy groups -OCH3 is 2. The Hall–Kier alpha value is -4.06. The summed E-state index contributed by atoms with van der Waals surface area (Å²) in [7, 11) is 3.12. The lowest BCUT2D eigenvalue weighted by Crippen LogP contribution is -2.29. The number of aliphatic hydroxyl groups excluding tert-OH is 1. The molecule has 4 rings (SSSR count). The van der Waals surface area contributed by atoms with E-state index in [2.05, 4.69) is 20.8 Å². The minimum Gasteiger partial charge on any atom is -0.507 e. The number of aryl methyl sites for hydroxylation is 1. The van der Waals surface area contributed by atoms with Crippen molar-refractivity contribution in [1.29, 1.82) is 0 Å². The molecule has 36 heavy (non-hydrogen) atoms. The molecule has 1 saturated heterocycles. The number of carbonyl (C=O) groups is 2. The van der Waals surface area contributed by atoms with Crippen molar-refractivity contribution in [3.63, 3.8) is 0 Å². The van der Waals surface area contributed by atoms with E-state index in [9.17, 15) is 14.7 Å². The Morgan fingerprint density at radius 1 is 0.889 bits per heavy atom. The monoisotopic (exact) mass is 485 g/mol. The van der Waals surface area contributed by atoms with E-state index in [4.69, 9.17) is 9.47 Å². The van der Waals surface area contributed by atoms with Crippen molar-refractivity contribution in [3.8, 4) is 11.5 Å². The van der Waals surface area contributed by atoms with Gasteiger partial charge in [0.1, 0.15) is 17.3 Å². The molecule has 3 aromatic carbocycles. The van der Waals surface area contributed by atoms with E-state index in [1.54, 1.807) is 50.6 Å². The second kappa shape index (κ2) is 9.53. The fraction of sp³-hybridized carbons (Fsp3) is 0.267. The van der Waals surface area contributed by atoms with E-state index in [-0.39, 0.29) is 16.7 Å². The van der Waals surface area contributed by atoms with Gasteiger partial charge in [-0.25, -0.2) is 0 Å². The summed E-state index contributed by atoms with van der Waals surface area (Å²) >= 11 is 0. The lowest BCUT2D eigenvalue weighted by molar-refractivity contribution is -0.132. The first-order chi connectivity index (χ1) is 17.1. The van der Waals surface area contributed by atoms with Crippen LogP contribution in [-0.2, 0) is 15.0 Å². The molecule has 1 amide bonds. The molecule has 186 valence electrons. The van der Waals surface area contributed by atoms with Crippen molar-refractivity contribution >= 4 is 23.1 Å². The van der Waals surface area contributed by atoms with Crippen molar-refractivity contribution < 1.29 is 24.2 Å². The van der Waals surface area contributed by atoms with E-state index in [0.29, 0.717) is 28.3 Å². The highest BCUT2D eigenvalue weighted by Gasteiger charge is 2.47. The highest BCUT2D eigenvalue weighted by molar-refractivity contribution is 6.51. The smallest absolute Gasteiger partial charge is 0.300 e. The van der Waals surface area contributed by atoms with Gasteiger partial charge in [-0.05, 0) is 71.5 Å². The van der Waals surface area contributed by atoms with Gasteiger partial charge >= 0.3 is 0 Å². The largest absolute Gasteiger partial charge is 0.507 e. The fourth-order valence-corrected chi connectivity index (χ4v) is 4.52. The average Bonchev–Trinajstić information content (AvgIpc) is 3.13. The Balaban J connectivity index is 1.93. The zero-order chi connectivity index (χ0) is 26.2. The first kappa shape index (κ1) is 25.0. The molecule has 6 nitrogen and oxygen atoms in total. The van der Waals surface area contributed by atoms with Gasteiger partial charge in [0, 0.05) is 11.3 Å². The molecule has 1 N–H and O–H groups in total. The molecule has 1 fully saturated rings. The Kier molecular flexibility index (Phi) is 6.63. The van der Waals surface area contributed by atoms with Gasteiger partial charge in [-0.1, -0.05) is 45.0 Å². The molecule has 1 heterocycles. The number of rotatable bonds is 5. The Morgan fingerprint density at radius 3 is 2.11 bits per heavy atom. The van der Waals surface area contributed by atoms with Gasteiger partial charge in [-0.15, -0.1) is 0 Å². The SMILES string of the molecule is COc1cccc(C2/C(=C(/O)c3ccc(OC)cc3C)C(=O)C(=O)N2c2ccc(C(C)(C)C)cc2)c1. The Bertz CT molecular complexity index is 1350. The highest BCUT2D eigenvalue weighted by Crippen LogP contribution is 2.43. The molecule has 0 bridgehead atoms. The van der Waals surface area contributed by atoms with Crippen molar-refractivity contribution in [3.05, 3.63) is 94.6 Å². The summed E-state index contributed by atoms with van der Waals surface area (Å²) in [6.07, 6.45) is 0. The lowest BCUT2D eigenvalue weighted by atomic mass is 9.87. The second-order valence-electron chi connectivity index (χ2n) is 9.92. The molecule has 1 unspecified atom stereocenters. The number of hydrogen-bond donors (Lipinski definition) is 1. The summed E-state index contributed by atoms with van der Waals surface area (Å²) in [5, 5.41) is 11.4. The molecule has 0 aromatic heterocycles. The minimum absolute atomic E-state index is 0.0291. The van der Waals surface area contributed by atoms with Gasteiger partial charge in [0.25, 0.3) is 11.7 Å². The molecular formula is C30H31NO5. The topological polar surface area (TPSA) is 76.1 Å². The zero-order valence-corrected chi connectivity index (χ0v) is 21.5. The molecule has 0 saturated carbocycles. The van der Waals surface area contributed by atoms with Gasteiger partial charge in [0.05, 0.1) is 25.8 Å². The number of carbonyl (C=O) groups excluding carboxylic acids is 2. The van der Waals surface area contributed by atoms with Crippen LogP contribution in [0.2, 0.25) is 0 Å². The van der Waals surface area contributed by atoms with Crippen LogP contribution < -0.4 is 14.4 Å². The van der Waals surface area contributed by atoms with Crippen molar-refractivity contribution in [1.82, 2.24) is 0 Å². The predicted molar refractivity (Wildman–Crippen MR) is 141 cm³/mol. The molecule has 1 aliphatic heterocycles. The third-order valence-corrected chi connectivity index (χ3v) is 6.55. The summed E-state index contributed by atoms with van der Waals surface area (Å²) in [6.45, 7) is 8.16. The number of anilines is 1. The van der Waals surface area contributed by atoms with Crippen LogP contribution in [0, 0.1) is 6.92 Å². The van der Waals surface area contributed by atoms with Crippen LogP contribution in [0.1, 0.15) is 49.1 Å². The summed E-state index contributed by atoms with van der Waals surface area (Å²) in [4.78, 5) is 28.3. The number of hydrogen-bond acceptors (Lipinski definition) is 5. The fourth-order valence-electron chi connectivity index (χ4n) is 4.52. The highest BCUT2D eigenvalue weighted by atomic mass is 16.5. The molecule has 0 radical (unpaired) electrons. The summed E-state index contributed by atoms with van der Waals surface area (Å²) in [5.74, 6) is -0.445. The van der Waals surface area contributed by atoms with Crippen LogP contribution in [0.5, 0.6) is 11.5 Å². The van der Waals surface area contributed by atoms with E-state index in [1.807, 2.05) is 37.3 Å². The quantitative estimate of drug-likeness (QED) is 0.275. The van der Waals surface area contributed by atoms with Crippen molar-refractivity contribution in [2.45, 2.75) is 39.2 Å². The molecule has 1 atom stereocenters. The maximum atomic E-state index is 13.4. The van der Waals surface area contributed by atoms with Crippen LogP contribution in [0.25, 0.3) is 5.76 Å². The third kappa shape index (κ3) is 4.47. The minimum atomic E-state index is -0.831. The second-order valence-corrected chi connectivity index (χ2v) is 9.92. The van der Waals surface area contributed by atoms with Gasteiger partial charge < -0.3 is 14.6 Å². The molecule has 6 heteroatoms. The maximum absolute atomic E-state index is 13.4. The number of amides is 1. The Labute approximate surface area is 211 Å². The van der Waals surface area contributed by atoms with Gasteiger partial charge in [0.2, 0.25) is 0 Å². The van der Waals surface area contributed by atoms with Crippen LogP contribution >= 0.6 is 0 Å². The van der Waals surface area contributed by atoms with Crippen LogP contribution in [0.3, 0.4) is 0 Å². The molecule has 3 aromatic rings. The third-order valence-electron chi connectivity index (χ3n) is 6.55. The first-order valence-electron chi connectivity index (χ1n) is 11.8. The van der Waals surface area contributed by atoms with E-state index >= 15 is 0 Å². The van der Waals surface area contributed by atoms with E-state index in [1.165, 1.54) is 4.90 Å². The predicted octanol–water partition coefficient (Wildman–Crippen LogP) is 5.94. The summed E-state index contributed by atoms with van der Waals surface area (Å²) in [6, 6.07) is 19.2. The first-order valence-corrected chi connectivity index (χ1v) is 11.8. The van der Waals surface area contributed by atoms with E-state index < -0.39 is 17.7 Å². The van der Waals surface area contributed by atoms with E-state index in [0.717, 1.165) is 11.1 Å². The van der Waals surface area contributed by atoms with Gasteiger partial charge in [-0.3, -0.25) is 14.5 Å². The van der Waals surface area contributed by atoms with Crippen LogP contribution in [-0.4, -0.2) is 31.0 Å². The number of ether oxygens (including phenoxy) is 2. The Morgan fingerprint density at radius 2 is 1.53 bits per heavy atom. The number of aliphatic hydroxyl groups is 1. The molecule has 1 aliphatic rings. The van der Waals surface area contributed by atoms with Crippen molar-refractivity contribution in [2.24, 2.45) is 0 Å². The summed E-state index contributed by atoms with van der Waals surface area (Å²) in [5.41, 5.74) is 3.48. The lowest BCUT2D eigenvalue weighted by Gasteiger charge is -2.27. The van der Waals surface area contributed by atoms with Gasteiger partial charge in [-0.2, -0.15) is 0 Å². The zero-order valence-electron chi connectivity index (χ0n) is 21.5. The number of Topliss-reactive ketones (excluding diaryl/α,β-unsaturated/α-hetero) is 1. The van der Waals surface area contributed by atoms with Crippen LogP contribution in [0.15, 0.2) is 72.3 Å². The number of ketones is 1. The number of nitrogens with zero attached hydrogens (tertiary/aromatic N) is 1. The maximum Gasteiger partial charge on any atom is 0.300 e. The summed E-state index contributed by atoms with van der Waals surface area (Å²) < 4.78 is 10.7. The standard InChI is InChI=1S/C30H31NO5/c1-18-16-23(36-6)14-15-24(18)27(32)25-26(19-8-7-9-22(17-19)35-5)31(29(34)28(25)33)21-12-10-20(11-13-21)30(2,3)4/h7-17,26,32H,1-6H3/b27-25-. The normalized spacial score (nSPS) is 17.4.